The molecule has 0 aliphatic carbocycles. The fourth-order valence-electron chi connectivity index (χ4n) is 1.03. The Bertz CT molecular complexity index is 159. The van der Waals surface area contributed by atoms with E-state index in [1.807, 2.05) is 0 Å². The van der Waals surface area contributed by atoms with Gasteiger partial charge >= 0.3 is 0 Å². The molecule has 1 aliphatic rings. The maximum absolute atomic E-state index is 5.51. The summed E-state index contributed by atoms with van der Waals surface area (Å²) in [5.74, 6) is 0. The standard InChI is InChI=1S/C8H14N2/c1-10-5-3-2-4-8(6-9)7-10/h2-3,7H,4-6,9H2,1H3. The molecule has 0 fully saturated rings. The van der Waals surface area contributed by atoms with Crippen molar-refractivity contribution in [2.75, 3.05) is 20.1 Å². The predicted octanol–water partition coefficient (Wildman–Crippen LogP) is 0.721. The Hall–Kier alpha value is -0.760. The first-order chi connectivity index (χ1) is 4.83. The van der Waals surface area contributed by atoms with Crippen LogP contribution in [-0.2, 0) is 0 Å². The molecule has 0 aromatic carbocycles. The Morgan fingerprint density at radius 2 is 2.40 bits per heavy atom. The molecule has 0 saturated heterocycles. The molecule has 1 rings (SSSR count). The number of likely N-dealkylation sites (N-methyl/N-ethyl adjacent to an activating group) is 1. The molecular formula is C8H14N2. The summed E-state index contributed by atoms with van der Waals surface area (Å²) < 4.78 is 0. The number of hydrogen-bond donors (Lipinski definition) is 1. The van der Waals surface area contributed by atoms with Crippen LogP contribution in [0, 0.1) is 0 Å². The lowest BCUT2D eigenvalue weighted by atomic mass is 10.2. The van der Waals surface area contributed by atoms with Gasteiger partial charge in [0.05, 0.1) is 0 Å². The Balaban J connectivity index is 2.61. The van der Waals surface area contributed by atoms with Gasteiger partial charge in [-0.15, -0.1) is 0 Å². The van der Waals surface area contributed by atoms with Gasteiger partial charge in [-0.3, -0.25) is 0 Å². The van der Waals surface area contributed by atoms with Crippen molar-refractivity contribution in [3.63, 3.8) is 0 Å². The van der Waals surface area contributed by atoms with Crippen molar-refractivity contribution in [2.24, 2.45) is 5.73 Å². The second-order valence-corrected chi connectivity index (χ2v) is 2.61. The van der Waals surface area contributed by atoms with E-state index in [1.165, 1.54) is 5.57 Å². The van der Waals surface area contributed by atoms with Crippen LogP contribution in [-0.4, -0.2) is 25.0 Å². The van der Waals surface area contributed by atoms with Crippen LogP contribution in [0.1, 0.15) is 6.42 Å². The molecule has 0 radical (unpaired) electrons. The van der Waals surface area contributed by atoms with Crippen LogP contribution in [0.2, 0.25) is 0 Å². The molecule has 0 aromatic rings. The number of nitrogens with two attached hydrogens (primary N) is 1. The van der Waals surface area contributed by atoms with E-state index < -0.39 is 0 Å². The van der Waals surface area contributed by atoms with E-state index >= 15 is 0 Å². The second kappa shape index (κ2) is 3.42. The Morgan fingerprint density at radius 3 is 3.10 bits per heavy atom. The minimum absolute atomic E-state index is 0.675. The van der Waals surface area contributed by atoms with Crippen molar-refractivity contribution in [1.82, 2.24) is 4.90 Å². The molecular weight excluding hydrogens is 124 g/mol. The second-order valence-electron chi connectivity index (χ2n) is 2.61. The number of hydrogen-bond acceptors (Lipinski definition) is 2. The lowest BCUT2D eigenvalue weighted by Gasteiger charge is -2.10. The third kappa shape index (κ3) is 1.88. The minimum atomic E-state index is 0.675. The van der Waals surface area contributed by atoms with Crippen molar-refractivity contribution in [2.45, 2.75) is 6.42 Å². The highest BCUT2D eigenvalue weighted by molar-refractivity contribution is 5.11. The van der Waals surface area contributed by atoms with Gasteiger partial charge in [-0.25, -0.2) is 0 Å². The van der Waals surface area contributed by atoms with Gasteiger partial charge in [0, 0.05) is 20.1 Å². The summed E-state index contributed by atoms with van der Waals surface area (Å²) in [5.41, 5.74) is 6.81. The van der Waals surface area contributed by atoms with Crippen LogP contribution in [0.4, 0.5) is 0 Å². The highest BCUT2D eigenvalue weighted by atomic mass is 15.1. The number of rotatable bonds is 1. The van der Waals surface area contributed by atoms with E-state index in [-0.39, 0.29) is 0 Å². The van der Waals surface area contributed by atoms with Crippen LogP contribution in [0.25, 0.3) is 0 Å². The molecule has 0 aromatic heterocycles. The fraction of sp³-hybridized carbons (Fsp3) is 0.500. The van der Waals surface area contributed by atoms with Crippen molar-refractivity contribution in [3.05, 3.63) is 23.9 Å². The monoisotopic (exact) mass is 138 g/mol. The summed E-state index contributed by atoms with van der Waals surface area (Å²) in [4.78, 5) is 2.14. The van der Waals surface area contributed by atoms with Crippen molar-refractivity contribution < 1.29 is 0 Å². The van der Waals surface area contributed by atoms with E-state index in [1.54, 1.807) is 0 Å². The van der Waals surface area contributed by atoms with Gasteiger partial charge in [-0.2, -0.15) is 0 Å². The summed E-state index contributed by atoms with van der Waals surface area (Å²) in [6.07, 6.45) is 7.47. The molecule has 2 heteroatoms. The molecule has 0 saturated carbocycles. The molecule has 2 N–H and O–H groups in total. The average molecular weight is 138 g/mol. The number of nitrogens with zero attached hydrogens (tertiary/aromatic N) is 1. The van der Waals surface area contributed by atoms with Gasteiger partial charge in [0.2, 0.25) is 0 Å². The molecule has 0 amide bonds. The molecule has 0 atom stereocenters. The Morgan fingerprint density at radius 1 is 1.60 bits per heavy atom. The Labute approximate surface area is 62.0 Å². The molecule has 0 bridgehead atoms. The highest BCUT2D eigenvalue weighted by Crippen LogP contribution is 2.05. The van der Waals surface area contributed by atoms with Gasteiger partial charge < -0.3 is 10.6 Å². The zero-order chi connectivity index (χ0) is 7.40. The van der Waals surface area contributed by atoms with Crippen LogP contribution < -0.4 is 5.73 Å². The van der Waals surface area contributed by atoms with Crippen LogP contribution in [0.15, 0.2) is 23.9 Å². The van der Waals surface area contributed by atoms with Crippen molar-refractivity contribution in [1.29, 1.82) is 0 Å². The highest BCUT2D eigenvalue weighted by Gasteiger charge is 1.97. The van der Waals surface area contributed by atoms with Crippen LogP contribution >= 0.6 is 0 Å². The third-order valence-electron chi connectivity index (χ3n) is 1.61. The first kappa shape index (κ1) is 7.35. The first-order valence-electron chi connectivity index (χ1n) is 3.58. The summed E-state index contributed by atoms with van der Waals surface area (Å²) in [6.45, 7) is 1.68. The van der Waals surface area contributed by atoms with Gasteiger partial charge in [-0.1, -0.05) is 12.2 Å². The van der Waals surface area contributed by atoms with E-state index in [2.05, 4.69) is 30.3 Å². The van der Waals surface area contributed by atoms with Crippen molar-refractivity contribution >= 4 is 0 Å². The molecule has 2 nitrogen and oxygen atoms in total. The molecule has 1 aliphatic heterocycles. The van der Waals surface area contributed by atoms with E-state index in [0.717, 1.165) is 13.0 Å². The lowest BCUT2D eigenvalue weighted by molar-refractivity contribution is 0.507. The molecule has 0 unspecified atom stereocenters. The number of allylic oxidation sites excluding steroid dienone is 1. The van der Waals surface area contributed by atoms with Gasteiger partial charge in [0.1, 0.15) is 0 Å². The van der Waals surface area contributed by atoms with E-state index in [9.17, 15) is 0 Å². The van der Waals surface area contributed by atoms with Gasteiger partial charge in [-0.05, 0) is 18.2 Å². The largest absolute Gasteiger partial charge is 0.377 e. The summed E-state index contributed by atoms with van der Waals surface area (Å²) >= 11 is 0. The smallest absolute Gasteiger partial charge is 0.0350 e. The maximum atomic E-state index is 5.51. The summed E-state index contributed by atoms with van der Waals surface area (Å²) in [6, 6.07) is 0. The van der Waals surface area contributed by atoms with Gasteiger partial charge in [0.25, 0.3) is 0 Å². The zero-order valence-electron chi connectivity index (χ0n) is 6.38. The Kier molecular flexibility index (Phi) is 2.51. The molecule has 56 valence electrons. The zero-order valence-corrected chi connectivity index (χ0v) is 6.38. The lowest BCUT2D eigenvalue weighted by Crippen LogP contribution is -2.12. The van der Waals surface area contributed by atoms with E-state index in [0.29, 0.717) is 6.54 Å². The predicted molar refractivity (Wildman–Crippen MR) is 43.5 cm³/mol. The molecule has 1 heterocycles. The summed E-state index contributed by atoms with van der Waals surface area (Å²) in [7, 11) is 2.06. The normalized spacial score (nSPS) is 18.6. The quantitative estimate of drug-likeness (QED) is 0.541. The van der Waals surface area contributed by atoms with E-state index in [4.69, 9.17) is 5.73 Å². The summed E-state index contributed by atoms with van der Waals surface area (Å²) in [5, 5.41) is 0. The fourth-order valence-corrected chi connectivity index (χ4v) is 1.03. The van der Waals surface area contributed by atoms with Crippen molar-refractivity contribution in [3.8, 4) is 0 Å². The average Bonchev–Trinajstić information content (AvgIpc) is 2.13. The minimum Gasteiger partial charge on any atom is -0.377 e. The van der Waals surface area contributed by atoms with Gasteiger partial charge in [0.15, 0.2) is 0 Å². The van der Waals surface area contributed by atoms with Crippen LogP contribution in [0.5, 0.6) is 0 Å². The molecule has 0 spiro atoms. The first-order valence-corrected chi connectivity index (χ1v) is 3.58. The third-order valence-corrected chi connectivity index (χ3v) is 1.61. The van der Waals surface area contributed by atoms with Crippen LogP contribution in [0.3, 0.4) is 0 Å². The topological polar surface area (TPSA) is 29.3 Å². The maximum Gasteiger partial charge on any atom is 0.0350 e. The molecule has 10 heavy (non-hydrogen) atoms. The SMILES string of the molecule is CN1C=C(CN)CC=CC1.